The topological polar surface area (TPSA) is 45.6 Å². The molecule has 1 aliphatic carbocycles. The lowest BCUT2D eigenvalue weighted by Crippen LogP contribution is -2.48. The molecule has 0 spiro atoms. The number of nitrogens with zero attached hydrogens (tertiary/aromatic N) is 3. The smallest absolute Gasteiger partial charge is 0.230 e. The van der Waals surface area contributed by atoms with Crippen molar-refractivity contribution in [3.8, 4) is 0 Å². The summed E-state index contributed by atoms with van der Waals surface area (Å²) in [7, 11) is 8.55. The molecule has 1 aliphatic heterocycles. The molecule has 0 saturated carbocycles. The number of likely N-dealkylation sites (N-methyl/N-ethyl adjacent to an activating group) is 1. The van der Waals surface area contributed by atoms with Crippen LogP contribution in [-0.4, -0.2) is 66.8 Å². The number of fused-ring (bicyclic) bond motifs is 2. The lowest BCUT2D eigenvalue weighted by Gasteiger charge is -2.40. The van der Waals surface area contributed by atoms with E-state index >= 15 is 0 Å². The zero-order chi connectivity index (χ0) is 20.9. The summed E-state index contributed by atoms with van der Waals surface area (Å²) in [5.41, 5.74) is 4.78. The summed E-state index contributed by atoms with van der Waals surface area (Å²) in [6, 6.07) is 6.23. The molecule has 2 heterocycles. The highest BCUT2D eigenvalue weighted by molar-refractivity contribution is 6.36. The zero-order valence-corrected chi connectivity index (χ0v) is 17.7. The Balaban J connectivity index is 1.88. The Kier molecular flexibility index (Phi) is 5.15. The minimum atomic E-state index is -0.153. The van der Waals surface area contributed by atoms with Gasteiger partial charge in [0, 0.05) is 37.5 Å². The van der Waals surface area contributed by atoms with E-state index in [0.29, 0.717) is 18.6 Å². The van der Waals surface area contributed by atoms with E-state index < -0.39 is 0 Å². The molecule has 2 atom stereocenters. The van der Waals surface area contributed by atoms with E-state index in [1.54, 1.807) is 4.57 Å². The van der Waals surface area contributed by atoms with Crippen molar-refractivity contribution in [3.63, 3.8) is 0 Å². The van der Waals surface area contributed by atoms with E-state index in [0.717, 1.165) is 41.5 Å². The monoisotopic (exact) mass is 389 g/mol. The van der Waals surface area contributed by atoms with Gasteiger partial charge in [-0.3, -0.25) is 19.1 Å². The quantitative estimate of drug-likeness (QED) is 0.754. The third kappa shape index (κ3) is 2.96. The maximum Gasteiger partial charge on any atom is 0.230 e. The maximum atomic E-state index is 13.0. The summed E-state index contributed by atoms with van der Waals surface area (Å²) in [6.07, 6.45) is 3.33. The van der Waals surface area contributed by atoms with Crippen LogP contribution in [0.5, 0.6) is 0 Å². The molecule has 1 amide bonds. The van der Waals surface area contributed by atoms with Crippen LogP contribution in [0.25, 0.3) is 16.5 Å². The van der Waals surface area contributed by atoms with Gasteiger partial charge in [-0.1, -0.05) is 25.1 Å². The van der Waals surface area contributed by atoms with Crippen LogP contribution in [0.15, 0.2) is 24.3 Å². The maximum absolute atomic E-state index is 13.0. The van der Waals surface area contributed by atoms with E-state index in [2.05, 4.69) is 24.1 Å². The van der Waals surface area contributed by atoms with Crippen LogP contribution < -0.4 is 5.59 Å². The van der Waals surface area contributed by atoms with Crippen LogP contribution in [0.1, 0.15) is 43.1 Å². The summed E-state index contributed by atoms with van der Waals surface area (Å²) in [5, 5.41) is 1.07. The summed E-state index contributed by atoms with van der Waals surface area (Å²) in [6.45, 7) is 8.04. The first kappa shape index (κ1) is 20.0. The highest BCUT2D eigenvalue weighted by Gasteiger charge is 2.37. The Morgan fingerprint density at radius 1 is 1.21 bits per heavy atom. The highest BCUT2D eigenvalue weighted by Crippen LogP contribution is 2.41. The van der Waals surface area contributed by atoms with Crippen LogP contribution in [0.3, 0.4) is 0 Å². The van der Waals surface area contributed by atoms with Gasteiger partial charge in [-0.05, 0) is 55.7 Å². The largest absolute Gasteiger partial charge is 0.343 e. The molecule has 2 unspecified atom stereocenters. The molecule has 0 saturated heterocycles. The fraction of sp³-hybridized carbons (Fsp3) is 0.478. The Bertz CT molecular complexity index is 1020. The molecule has 29 heavy (non-hydrogen) atoms. The van der Waals surface area contributed by atoms with E-state index in [1.165, 1.54) is 5.57 Å². The molecule has 1 aromatic heterocycles. The van der Waals surface area contributed by atoms with Crippen molar-refractivity contribution in [2.75, 3.05) is 26.7 Å². The van der Waals surface area contributed by atoms with Crippen LogP contribution in [0.2, 0.25) is 0 Å². The molecule has 2 aliphatic rings. The van der Waals surface area contributed by atoms with Crippen molar-refractivity contribution >= 4 is 41.7 Å². The van der Waals surface area contributed by atoms with Crippen LogP contribution in [0.4, 0.5) is 0 Å². The van der Waals surface area contributed by atoms with E-state index in [4.69, 9.17) is 7.85 Å². The molecule has 2 aromatic rings. The number of carbonyl (C=O) groups is 2. The predicted octanol–water partition coefficient (Wildman–Crippen LogP) is 2.22. The average Bonchev–Trinajstić information content (AvgIpc) is 3.01. The molecule has 0 fully saturated rings. The summed E-state index contributed by atoms with van der Waals surface area (Å²) < 4.78 is 1.67. The van der Waals surface area contributed by atoms with Gasteiger partial charge in [-0.15, -0.1) is 0 Å². The Morgan fingerprint density at radius 3 is 2.59 bits per heavy atom. The van der Waals surface area contributed by atoms with E-state index in [-0.39, 0.29) is 23.8 Å². The SMILES string of the molecule is [B]c1c2c3c(cccc3n1C(=O)CC)C1=CC(C(=O)N(CC)CC)CN(C)C1C2. The lowest BCUT2D eigenvalue weighted by atomic mass is 9.77. The van der Waals surface area contributed by atoms with Crippen molar-refractivity contribution in [3.05, 3.63) is 35.4 Å². The number of hydrogen-bond acceptors (Lipinski definition) is 3. The summed E-state index contributed by atoms with van der Waals surface area (Å²) >= 11 is 0. The van der Waals surface area contributed by atoms with Gasteiger partial charge < -0.3 is 4.90 Å². The first-order valence-electron chi connectivity index (χ1n) is 10.6. The summed E-state index contributed by atoms with van der Waals surface area (Å²) in [4.78, 5) is 29.8. The Hall–Kier alpha value is -2.34. The zero-order valence-electron chi connectivity index (χ0n) is 17.7. The second-order valence-electron chi connectivity index (χ2n) is 8.04. The van der Waals surface area contributed by atoms with Crippen molar-refractivity contribution < 1.29 is 9.59 Å². The van der Waals surface area contributed by atoms with Crippen LogP contribution in [-0.2, 0) is 11.2 Å². The van der Waals surface area contributed by atoms with Crippen molar-refractivity contribution in [1.29, 1.82) is 0 Å². The molecule has 0 bridgehead atoms. The van der Waals surface area contributed by atoms with E-state index in [9.17, 15) is 9.59 Å². The fourth-order valence-electron chi connectivity index (χ4n) is 5.01. The molecule has 2 radical (unpaired) electrons. The van der Waals surface area contributed by atoms with E-state index in [1.807, 2.05) is 37.8 Å². The van der Waals surface area contributed by atoms with Gasteiger partial charge in [0.15, 0.2) is 0 Å². The molecule has 6 heteroatoms. The third-order valence-corrected chi connectivity index (χ3v) is 6.54. The van der Waals surface area contributed by atoms with Crippen LogP contribution in [0, 0.1) is 5.92 Å². The minimum Gasteiger partial charge on any atom is -0.343 e. The first-order chi connectivity index (χ1) is 13.9. The van der Waals surface area contributed by atoms with Gasteiger partial charge in [0.2, 0.25) is 11.8 Å². The second kappa shape index (κ2) is 7.49. The second-order valence-corrected chi connectivity index (χ2v) is 8.04. The number of amides is 1. The molecular weight excluding hydrogens is 361 g/mol. The van der Waals surface area contributed by atoms with Crippen LogP contribution >= 0.6 is 0 Å². The van der Waals surface area contributed by atoms with Crippen molar-refractivity contribution in [1.82, 2.24) is 14.4 Å². The van der Waals surface area contributed by atoms with Crippen molar-refractivity contribution in [2.24, 2.45) is 5.92 Å². The molecule has 5 nitrogen and oxygen atoms in total. The fourth-order valence-corrected chi connectivity index (χ4v) is 5.01. The van der Waals surface area contributed by atoms with Gasteiger partial charge >= 0.3 is 0 Å². The number of rotatable bonds is 4. The number of carbonyl (C=O) groups excluding carboxylic acids is 2. The predicted molar refractivity (Wildman–Crippen MR) is 118 cm³/mol. The molecule has 4 rings (SSSR count). The molecule has 0 N–H and O–H groups in total. The standard InChI is InChI=1S/C23H28BN3O2/c1-5-20(28)27-18-10-8-9-15-16-11-14(23(29)26(6-2)7-3)13-25(4)19(16)12-17(21(15)18)22(27)24/h8-11,14,19H,5-7,12-13H2,1-4H3. The number of hydrogen-bond donors (Lipinski definition) is 0. The molecule has 150 valence electrons. The van der Waals surface area contributed by atoms with Gasteiger partial charge in [0.1, 0.15) is 7.85 Å². The number of aromatic nitrogens is 1. The van der Waals surface area contributed by atoms with Gasteiger partial charge in [-0.25, -0.2) is 0 Å². The highest BCUT2D eigenvalue weighted by atomic mass is 16.2. The van der Waals surface area contributed by atoms with Crippen molar-refractivity contribution in [2.45, 2.75) is 39.7 Å². The first-order valence-corrected chi connectivity index (χ1v) is 10.6. The van der Waals surface area contributed by atoms with Gasteiger partial charge in [0.25, 0.3) is 0 Å². The van der Waals surface area contributed by atoms with Gasteiger partial charge in [-0.2, -0.15) is 0 Å². The molecule has 1 aromatic carbocycles. The molecular formula is C23H28BN3O2. The summed E-state index contributed by atoms with van der Waals surface area (Å²) in [5.74, 6) is 0.0429. The third-order valence-electron chi connectivity index (χ3n) is 6.54. The normalized spacial score (nSPS) is 21.0. The average molecular weight is 389 g/mol. The Morgan fingerprint density at radius 2 is 1.93 bits per heavy atom. The lowest BCUT2D eigenvalue weighted by molar-refractivity contribution is -0.134. The Labute approximate surface area is 173 Å². The minimum absolute atomic E-state index is 0.0118. The van der Waals surface area contributed by atoms with Gasteiger partial charge in [0.05, 0.1) is 11.4 Å². The number of benzene rings is 1.